The first kappa shape index (κ1) is 14.5. The van der Waals surface area contributed by atoms with E-state index < -0.39 is 0 Å². The van der Waals surface area contributed by atoms with Gasteiger partial charge in [0.25, 0.3) is 0 Å². The molecule has 2 atom stereocenters. The lowest BCUT2D eigenvalue weighted by atomic mass is 10.0. The Labute approximate surface area is 108 Å². The fourth-order valence-corrected chi connectivity index (χ4v) is 1.61. The van der Waals surface area contributed by atoms with Crippen LogP contribution < -0.4 is 5.73 Å². The number of benzene rings is 1. The summed E-state index contributed by atoms with van der Waals surface area (Å²) in [6.07, 6.45) is 0.562. The lowest BCUT2D eigenvalue weighted by molar-refractivity contribution is -0.150. The van der Waals surface area contributed by atoms with Gasteiger partial charge in [-0.25, -0.2) is 0 Å². The highest BCUT2D eigenvalue weighted by molar-refractivity contribution is 5.78. The summed E-state index contributed by atoms with van der Waals surface area (Å²) in [7, 11) is 1.63. The van der Waals surface area contributed by atoms with Crippen molar-refractivity contribution in [2.75, 3.05) is 19.5 Å². The molecule has 18 heavy (non-hydrogen) atoms. The van der Waals surface area contributed by atoms with Gasteiger partial charge in [0.05, 0.1) is 5.92 Å². The zero-order valence-electron chi connectivity index (χ0n) is 11.2. The zero-order valence-corrected chi connectivity index (χ0v) is 11.2. The molecule has 4 nitrogen and oxygen atoms in total. The maximum absolute atomic E-state index is 11.9. The van der Waals surface area contributed by atoms with E-state index in [-0.39, 0.29) is 18.0 Å². The maximum Gasteiger partial charge on any atom is 0.313 e. The third-order valence-corrected chi connectivity index (χ3v) is 2.81. The van der Waals surface area contributed by atoms with Crippen LogP contribution in [-0.2, 0) is 14.3 Å². The fraction of sp³-hybridized carbons (Fsp3) is 0.500. The van der Waals surface area contributed by atoms with E-state index in [2.05, 4.69) is 0 Å². The average Bonchev–Trinajstić information content (AvgIpc) is 2.35. The number of hydrogen-bond donors (Lipinski definition) is 1. The minimum absolute atomic E-state index is 0.138. The molecular formula is C14H21NO3. The van der Waals surface area contributed by atoms with Gasteiger partial charge < -0.3 is 15.2 Å². The van der Waals surface area contributed by atoms with Gasteiger partial charge in [-0.15, -0.1) is 0 Å². The summed E-state index contributed by atoms with van der Waals surface area (Å²) < 4.78 is 10.3. The SMILES string of the molecule is COCCC(C)OC(=O)C(C)c1cccc(N)c1. The molecule has 0 saturated carbocycles. The van der Waals surface area contributed by atoms with Gasteiger partial charge in [0.15, 0.2) is 0 Å². The zero-order chi connectivity index (χ0) is 13.5. The average molecular weight is 251 g/mol. The van der Waals surface area contributed by atoms with E-state index in [1.807, 2.05) is 26.0 Å². The van der Waals surface area contributed by atoms with Crippen LogP contribution in [0.2, 0.25) is 0 Å². The van der Waals surface area contributed by atoms with Gasteiger partial charge in [0.2, 0.25) is 0 Å². The molecule has 1 aromatic rings. The molecule has 0 fully saturated rings. The van der Waals surface area contributed by atoms with Crippen molar-refractivity contribution < 1.29 is 14.3 Å². The van der Waals surface area contributed by atoms with Crippen LogP contribution in [0.3, 0.4) is 0 Å². The molecule has 0 aliphatic rings. The second-order valence-electron chi connectivity index (χ2n) is 4.42. The number of nitrogen functional groups attached to an aromatic ring is 1. The molecule has 0 aliphatic heterocycles. The second-order valence-corrected chi connectivity index (χ2v) is 4.42. The van der Waals surface area contributed by atoms with Crippen LogP contribution in [0.4, 0.5) is 5.69 Å². The third kappa shape index (κ3) is 4.37. The van der Waals surface area contributed by atoms with Crippen molar-refractivity contribution >= 4 is 11.7 Å². The fourth-order valence-electron chi connectivity index (χ4n) is 1.61. The normalized spacial score (nSPS) is 13.9. The second kappa shape index (κ2) is 7.01. The highest BCUT2D eigenvalue weighted by Crippen LogP contribution is 2.20. The van der Waals surface area contributed by atoms with Crippen molar-refractivity contribution in [3.05, 3.63) is 29.8 Å². The summed E-state index contributed by atoms with van der Waals surface area (Å²) in [5.74, 6) is -0.539. The number of anilines is 1. The summed E-state index contributed by atoms with van der Waals surface area (Å²) in [4.78, 5) is 11.9. The standard InChI is InChI=1S/C14H21NO3/c1-10(7-8-17-3)18-14(16)11(2)12-5-4-6-13(15)9-12/h4-6,9-11H,7-8,15H2,1-3H3. The quantitative estimate of drug-likeness (QED) is 0.622. The molecule has 1 rings (SSSR count). The highest BCUT2D eigenvalue weighted by Gasteiger charge is 2.19. The van der Waals surface area contributed by atoms with Crippen LogP contribution in [0.5, 0.6) is 0 Å². The first-order chi connectivity index (χ1) is 8.54. The molecule has 0 radical (unpaired) electrons. The van der Waals surface area contributed by atoms with Gasteiger partial charge in [-0.3, -0.25) is 4.79 Å². The van der Waals surface area contributed by atoms with Gasteiger partial charge in [-0.1, -0.05) is 12.1 Å². The van der Waals surface area contributed by atoms with Crippen LogP contribution >= 0.6 is 0 Å². The van der Waals surface area contributed by atoms with E-state index >= 15 is 0 Å². The molecule has 0 heterocycles. The van der Waals surface area contributed by atoms with Crippen LogP contribution in [0.15, 0.2) is 24.3 Å². The maximum atomic E-state index is 11.9. The molecule has 0 aromatic heterocycles. The topological polar surface area (TPSA) is 61.5 Å². The van der Waals surface area contributed by atoms with Crippen molar-refractivity contribution in [3.8, 4) is 0 Å². The van der Waals surface area contributed by atoms with Gasteiger partial charge in [-0.2, -0.15) is 0 Å². The number of nitrogens with two attached hydrogens (primary N) is 1. The largest absolute Gasteiger partial charge is 0.462 e. The Kier molecular flexibility index (Phi) is 5.65. The molecule has 0 bridgehead atoms. The van der Waals surface area contributed by atoms with Crippen LogP contribution in [-0.4, -0.2) is 25.8 Å². The van der Waals surface area contributed by atoms with Crippen molar-refractivity contribution in [2.24, 2.45) is 0 Å². The molecule has 0 saturated heterocycles. The summed E-state index contributed by atoms with van der Waals surface area (Å²) in [6.45, 7) is 4.27. The number of hydrogen-bond acceptors (Lipinski definition) is 4. The molecule has 0 aliphatic carbocycles. The molecule has 100 valence electrons. The summed E-state index contributed by atoms with van der Waals surface area (Å²) in [5.41, 5.74) is 7.22. The lowest BCUT2D eigenvalue weighted by Gasteiger charge is -2.17. The number of carbonyl (C=O) groups excluding carboxylic acids is 1. The molecule has 2 N–H and O–H groups in total. The number of methoxy groups -OCH3 is 1. The van der Waals surface area contributed by atoms with Crippen LogP contribution in [0, 0.1) is 0 Å². The smallest absolute Gasteiger partial charge is 0.313 e. The molecular weight excluding hydrogens is 230 g/mol. The number of rotatable bonds is 6. The predicted molar refractivity (Wildman–Crippen MR) is 71.3 cm³/mol. The Hall–Kier alpha value is -1.55. The number of esters is 1. The third-order valence-electron chi connectivity index (χ3n) is 2.81. The van der Waals surface area contributed by atoms with Gasteiger partial charge in [-0.05, 0) is 31.5 Å². The van der Waals surface area contributed by atoms with Crippen LogP contribution in [0.1, 0.15) is 31.7 Å². The van der Waals surface area contributed by atoms with E-state index in [1.54, 1.807) is 19.2 Å². The molecule has 4 heteroatoms. The van der Waals surface area contributed by atoms with E-state index in [1.165, 1.54) is 0 Å². The Morgan fingerprint density at radius 3 is 2.72 bits per heavy atom. The Balaban J connectivity index is 2.56. The van der Waals surface area contributed by atoms with E-state index in [9.17, 15) is 4.79 Å². The minimum Gasteiger partial charge on any atom is -0.462 e. The van der Waals surface area contributed by atoms with Crippen molar-refractivity contribution in [1.82, 2.24) is 0 Å². The summed E-state index contributed by atoms with van der Waals surface area (Å²) in [5, 5.41) is 0. The van der Waals surface area contributed by atoms with Gasteiger partial charge in [0.1, 0.15) is 6.10 Å². The first-order valence-electron chi connectivity index (χ1n) is 6.09. The van der Waals surface area contributed by atoms with Crippen molar-refractivity contribution in [2.45, 2.75) is 32.3 Å². The lowest BCUT2D eigenvalue weighted by Crippen LogP contribution is -2.20. The predicted octanol–water partition coefficient (Wildman–Crippen LogP) is 2.34. The number of carbonyl (C=O) groups is 1. The van der Waals surface area contributed by atoms with E-state index in [0.29, 0.717) is 18.7 Å². The van der Waals surface area contributed by atoms with Gasteiger partial charge >= 0.3 is 5.97 Å². The number of ether oxygens (including phenoxy) is 2. The van der Waals surface area contributed by atoms with Crippen molar-refractivity contribution in [1.29, 1.82) is 0 Å². The molecule has 1 aromatic carbocycles. The Morgan fingerprint density at radius 2 is 2.11 bits per heavy atom. The highest BCUT2D eigenvalue weighted by atomic mass is 16.5. The Morgan fingerprint density at radius 1 is 1.39 bits per heavy atom. The van der Waals surface area contributed by atoms with Crippen LogP contribution in [0.25, 0.3) is 0 Å². The van der Waals surface area contributed by atoms with E-state index in [4.69, 9.17) is 15.2 Å². The summed E-state index contributed by atoms with van der Waals surface area (Å²) >= 11 is 0. The van der Waals surface area contributed by atoms with Gasteiger partial charge in [0, 0.05) is 25.8 Å². The minimum atomic E-state index is -0.307. The Bertz CT molecular complexity index is 392. The molecule has 0 amide bonds. The van der Waals surface area contributed by atoms with E-state index in [0.717, 1.165) is 5.56 Å². The summed E-state index contributed by atoms with van der Waals surface area (Å²) in [6, 6.07) is 7.30. The monoisotopic (exact) mass is 251 g/mol. The molecule has 0 spiro atoms. The first-order valence-corrected chi connectivity index (χ1v) is 6.09. The van der Waals surface area contributed by atoms with Crippen molar-refractivity contribution in [3.63, 3.8) is 0 Å². The molecule has 2 unspecified atom stereocenters.